The van der Waals surface area contributed by atoms with Crippen LogP contribution in [0.5, 0.6) is 0 Å². The van der Waals surface area contributed by atoms with Crippen LogP contribution in [0.15, 0.2) is 24.5 Å². The monoisotopic (exact) mass is 183 g/mol. The van der Waals surface area contributed by atoms with E-state index in [0.717, 1.165) is 0 Å². The highest BCUT2D eigenvalue weighted by molar-refractivity contribution is 5.72. The molecule has 0 fully saturated rings. The fourth-order valence-electron chi connectivity index (χ4n) is 0.253. The molecule has 0 radical (unpaired) electrons. The zero-order valence-electron chi connectivity index (χ0n) is 8.61. The van der Waals surface area contributed by atoms with Crippen molar-refractivity contribution in [1.29, 1.82) is 0 Å². The van der Waals surface area contributed by atoms with Crippen molar-refractivity contribution in [3.05, 3.63) is 24.5 Å². The fraction of sp³-hybridized carbons (Fsp3) is 0.444. The Morgan fingerprint density at radius 2 is 1.46 bits per heavy atom. The van der Waals surface area contributed by atoms with E-state index in [4.69, 9.17) is 0 Å². The van der Waals surface area contributed by atoms with E-state index in [1.54, 1.807) is 19.4 Å². The smallest absolute Gasteiger partial charge is 0.216 e. The third kappa shape index (κ3) is 18.0. The van der Waals surface area contributed by atoms with Crippen molar-refractivity contribution < 1.29 is 4.79 Å². The number of carbonyl (C=O) groups excluding carboxylic acids is 1. The van der Waals surface area contributed by atoms with Crippen molar-refractivity contribution in [3.8, 4) is 0 Å². The zero-order valence-corrected chi connectivity index (χ0v) is 8.61. The molecule has 1 aromatic heterocycles. The molecule has 13 heavy (non-hydrogen) atoms. The first-order valence-corrected chi connectivity index (χ1v) is 4.17. The summed E-state index contributed by atoms with van der Waals surface area (Å²) in [5, 5.41) is 9.46. The Labute approximate surface area is 79.4 Å². The molecule has 1 N–H and O–H groups in total. The van der Waals surface area contributed by atoms with E-state index in [-0.39, 0.29) is 5.91 Å². The predicted molar refractivity (Wildman–Crippen MR) is 53.1 cm³/mol. The predicted octanol–water partition coefficient (Wildman–Crippen LogP) is 1.26. The summed E-state index contributed by atoms with van der Waals surface area (Å²) in [6.07, 6.45) is 3.28. The van der Waals surface area contributed by atoms with Crippen LogP contribution in [0.4, 0.5) is 0 Å². The first kappa shape index (κ1) is 14.1. The molecule has 0 aliphatic carbocycles. The molecule has 0 saturated heterocycles. The van der Waals surface area contributed by atoms with Crippen LogP contribution in [-0.4, -0.2) is 23.2 Å². The van der Waals surface area contributed by atoms with Gasteiger partial charge in [0.2, 0.25) is 5.91 Å². The lowest BCUT2D eigenvalue weighted by Crippen LogP contribution is -2.11. The van der Waals surface area contributed by atoms with Gasteiger partial charge in [0.05, 0.1) is 0 Å². The number of nitrogens with zero attached hydrogens (tertiary/aromatic N) is 2. The second-order valence-corrected chi connectivity index (χ2v) is 1.72. The van der Waals surface area contributed by atoms with E-state index in [9.17, 15) is 4.79 Å². The third-order valence-electron chi connectivity index (χ3n) is 0.835. The van der Waals surface area contributed by atoms with Crippen LogP contribution in [0.1, 0.15) is 20.8 Å². The number of hydrogen-bond donors (Lipinski definition) is 1. The summed E-state index contributed by atoms with van der Waals surface area (Å²) in [5.74, 6) is 0.00463. The molecule has 1 rings (SSSR count). The van der Waals surface area contributed by atoms with E-state index < -0.39 is 0 Å². The summed E-state index contributed by atoms with van der Waals surface area (Å²) in [7, 11) is 1.60. The second kappa shape index (κ2) is 13.2. The van der Waals surface area contributed by atoms with Gasteiger partial charge in [0, 0.05) is 26.4 Å². The van der Waals surface area contributed by atoms with Gasteiger partial charge in [0.25, 0.3) is 0 Å². The molecule has 0 aromatic carbocycles. The molecule has 0 spiro atoms. The Hall–Kier alpha value is -1.45. The highest BCUT2D eigenvalue weighted by Crippen LogP contribution is 1.68. The molecule has 0 atom stereocenters. The summed E-state index contributed by atoms with van der Waals surface area (Å²) in [6, 6.07) is 3.65. The van der Waals surface area contributed by atoms with E-state index in [1.165, 1.54) is 6.92 Å². The largest absolute Gasteiger partial charge is 0.359 e. The molecule has 74 valence electrons. The van der Waals surface area contributed by atoms with Gasteiger partial charge in [0.1, 0.15) is 0 Å². The summed E-state index contributed by atoms with van der Waals surface area (Å²) in [5.41, 5.74) is 0. The summed E-state index contributed by atoms with van der Waals surface area (Å²) < 4.78 is 0. The van der Waals surface area contributed by atoms with Crippen molar-refractivity contribution in [2.75, 3.05) is 7.05 Å². The molecule has 4 nitrogen and oxygen atoms in total. The van der Waals surface area contributed by atoms with Gasteiger partial charge in [-0.2, -0.15) is 10.2 Å². The summed E-state index contributed by atoms with van der Waals surface area (Å²) >= 11 is 0. The molecule has 0 aliphatic heterocycles. The average molecular weight is 183 g/mol. The van der Waals surface area contributed by atoms with Gasteiger partial charge in [-0.15, -0.1) is 0 Å². The van der Waals surface area contributed by atoms with Crippen LogP contribution in [0.3, 0.4) is 0 Å². The lowest BCUT2D eigenvalue weighted by atomic mass is 10.6. The SMILES string of the molecule is CC.CNC(C)=O.c1ccnnc1. The molecule has 4 heteroatoms. The number of rotatable bonds is 0. The minimum Gasteiger partial charge on any atom is -0.359 e. The molecule has 1 heterocycles. The number of carbonyl (C=O) groups is 1. The van der Waals surface area contributed by atoms with Gasteiger partial charge < -0.3 is 5.32 Å². The Balaban J connectivity index is 0. The Kier molecular flexibility index (Phi) is 14.3. The lowest BCUT2D eigenvalue weighted by molar-refractivity contribution is -0.118. The highest BCUT2D eigenvalue weighted by Gasteiger charge is 1.72. The second-order valence-electron chi connectivity index (χ2n) is 1.72. The Bertz CT molecular complexity index is 163. The Morgan fingerprint density at radius 3 is 1.54 bits per heavy atom. The van der Waals surface area contributed by atoms with Crippen LogP contribution in [0.2, 0.25) is 0 Å². The van der Waals surface area contributed by atoms with Crippen molar-refractivity contribution in [2.45, 2.75) is 20.8 Å². The molecule has 0 aliphatic rings. The van der Waals surface area contributed by atoms with Gasteiger partial charge >= 0.3 is 0 Å². The van der Waals surface area contributed by atoms with Crippen LogP contribution >= 0.6 is 0 Å². The van der Waals surface area contributed by atoms with Crippen LogP contribution in [0.25, 0.3) is 0 Å². The van der Waals surface area contributed by atoms with Crippen molar-refractivity contribution >= 4 is 5.91 Å². The Morgan fingerprint density at radius 1 is 1.15 bits per heavy atom. The standard InChI is InChI=1S/C4H4N2.C3H7NO.C2H6/c1-2-4-6-5-3-1;1-3(5)4-2;1-2/h1-4H;1-2H3,(H,4,5);1-2H3. The number of hydrogen-bond acceptors (Lipinski definition) is 3. The van der Waals surface area contributed by atoms with Gasteiger partial charge in [0.15, 0.2) is 0 Å². The third-order valence-corrected chi connectivity index (χ3v) is 0.835. The maximum atomic E-state index is 9.70. The maximum Gasteiger partial charge on any atom is 0.216 e. The zero-order chi connectivity index (χ0) is 10.5. The molecule has 0 bridgehead atoms. The summed E-state index contributed by atoms with van der Waals surface area (Å²) in [4.78, 5) is 9.70. The van der Waals surface area contributed by atoms with Crippen molar-refractivity contribution in [1.82, 2.24) is 15.5 Å². The highest BCUT2D eigenvalue weighted by atomic mass is 16.1. The number of amides is 1. The van der Waals surface area contributed by atoms with Gasteiger partial charge in [-0.05, 0) is 12.1 Å². The van der Waals surface area contributed by atoms with Gasteiger partial charge in [-0.25, -0.2) is 0 Å². The van der Waals surface area contributed by atoms with E-state index >= 15 is 0 Å². The van der Waals surface area contributed by atoms with Crippen molar-refractivity contribution in [3.63, 3.8) is 0 Å². The van der Waals surface area contributed by atoms with E-state index in [1.807, 2.05) is 26.0 Å². The van der Waals surface area contributed by atoms with Crippen LogP contribution < -0.4 is 5.32 Å². The van der Waals surface area contributed by atoms with E-state index in [2.05, 4.69) is 15.5 Å². The van der Waals surface area contributed by atoms with Crippen LogP contribution in [-0.2, 0) is 4.79 Å². The van der Waals surface area contributed by atoms with Gasteiger partial charge in [-0.3, -0.25) is 4.79 Å². The summed E-state index contributed by atoms with van der Waals surface area (Å²) in [6.45, 7) is 5.47. The van der Waals surface area contributed by atoms with Crippen LogP contribution in [0, 0.1) is 0 Å². The molecule has 1 aromatic rings. The average Bonchev–Trinajstić information content (AvgIpc) is 2.24. The first-order chi connectivity index (χ1) is 6.27. The van der Waals surface area contributed by atoms with Gasteiger partial charge in [-0.1, -0.05) is 13.8 Å². The number of aromatic nitrogens is 2. The molecule has 1 amide bonds. The minimum absolute atomic E-state index is 0.00463. The minimum atomic E-state index is 0.00463. The number of nitrogens with one attached hydrogen (secondary N) is 1. The quantitative estimate of drug-likeness (QED) is 0.658. The molecular weight excluding hydrogens is 166 g/mol. The molecular formula is C9H17N3O. The lowest BCUT2D eigenvalue weighted by Gasteiger charge is -1.80. The normalized spacial score (nSPS) is 6.77. The van der Waals surface area contributed by atoms with Crippen molar-refractivity contribution in [2.24, 2.45) is 0 Å². The molecule has 0 unspecified atom stereocenters. The first-order valence-electron chi connectivity index (χ1n) is 4.17. The fourth-order valence-corrected chi connectivity index (χ4v) is 0.253. The topological polar surface area (TPSA) is 54.9 Å². The maximum absolute atomic E-state index is 9.70. The molecule has 0 saturated carbocycles. The van der Waals surface area contributed by atoms with E-state index in [0.29, 0.717) is 0 Å².